The molecule has 0 fully saturated rings. The fourth-order valence-electron chi connectivity index (χ4n) is 1.23. The van der Waals surface area contributed by atoms with Crippen molar-refractivity contribution >= 4 is 0 Å². The van der Waals surface area contributed by atoms with E-state index in [9.17, 15) is 0 Å². The summed E-state index contributed by atoms with van der Waals surface area (Å²) in [5, 5.41) is 8.59. The highest BCUT2D eigenvalue weighted by Crippen LogP contribution is 2.16. The maximum atomic E-state index is 8.59. The molecule has 1 aromatic heterocycles. The molecule has 0 atom stereocenters. The Bertz CT molecular complexity index is 337. The summed E-state index contributed by atoms with van der Waals surface area (Å²) in [5.41, 5.74) is 1.94. The first-order valence-electron chi connectivity index (χ1n) is 4.34. The van der Waals surface area contributed by atoms with E-state index in [1.165, 1.54) is 0 Å². The Labute approximate surface area is 78.5 Å². The van der Waals surface area contributed by atoms with Crippen LogP contribution in [-0.4, -0.2) is 9.97 Å². The molecule has 13 heavy (non-hydrogen) atoms. The molecule has 0 radical (unpaired) electrons. The monoisotopic (exact) mass is 175 g/mol. The molecule has 0 unspecified atom stereocenters. The van der Waals surface area contributed by atoms with Crippen LogP contribution in [0.15, 0.2) is 6.20 Å². The predicted octanol–water partition coefficient (Wildman–Crippen LogP) is 1.97. The quantitative estimate of drug-likeness (QED) is 0.690. The molecule has 0 spiro atoms. The summed E-state index contributed by atoms with van der Waals surface area (Å²) in [6, 6.07) is 2.12. The van der Waals surface area contributed by atoms with Crippen molar-refractivity contribution in [2.24, 2.45) is 0 Å². The van der Waals surface area contributed by atoms with Gasteiger partial charge in [0.1, 0.15) is 5.82 Å². The molecular formula is C10H13N3. The second-order valence-electron chi connectivity index (χ2n) is 3.32. The minimum absolute atomic E-state index is 0.352. The molecule has 1 aromatic rings. The van der Waals surface area contributed by atoms with Gasteiger partial charge in [0.2, 0.25) is 0 Å². The van der Waals surface area contributed by atoms with E-state index in [-0.39, 0.29) is 0 Å². The zero-order valence-electron chi connectivity index (χ0n) is 8.20. The average molecular weight is 175 g/mol. The van der Waals surface area contributed by atoms with E-state index in [4.69, 9.17) is 5.26 Å². The topological polar surface area (TPSA) is 49.6 Å². The third-order valence-corrected chi connectivity index (χ3v) is 1.83. The van der Waals surface area contributed by atoms with Gasteiger partial charge in [-0.05, 0) is 12.8 Å². The van der Waals surface area contributed by atoms with Crippen molar-refractivity contribution in [1.82, 2.24) is 9.97 Å². The van der Waals surface area contributed by atoms with Crippen LogP contribution < -0.4 is 0 Å². The number of hydrogen-bond acceptors (Lipinski definition) is 3. The highest BCUT2D eigenvalue weighted by Gasteiger charge is 2.08. The molecule has 3 nitrogen and oxygen atoms in total. The van der Waals surface area contributed by atoms with Gasteiger partial charge in [0, 0.05) is 11.8 Å². The molecule has 3 heteroatoms. The van der Waals surface area contributed by atoms with Gasteiger partial charge in [-0.25, -0.2) is 9.97 Å². The predicted molar refractivity (Wildman–Crippen MR) is 50.2 cm³/mol. The molecule has 0 amide bonds. The number of aromatic nitrogens is 2. The van der Waals surface area contributed by atoms with Crippen LogP contribution in [-0.2, 0) is 6.42 Å². The van der Waals surface area contributed by atoms with Crippen LogP contribution in [0.4, 0.5) is 0 Å². The number of nitrogens with zero attached hydrogens (tertiary/aromatic N) is 3. The molecule has 0 bridgehead atoms. The largest absolute Gasteiger partial charge is 0.241 e. The summed E-state index contributed by atoms with van der Waals surface area (Å²) in [7, 11) is 0. The van der Waals surface area contributed by atoms with E-state index >= 15 is 0 Å². The van der Waals surface area contributed by atoms with E-state index < -0.39 is 0 Å². The van der Waals surface area contributed by atoms with Crippen LogP contribution >= 0.6 is 0 Å². The van der Waals surface area contributed by atoms with E-state index in [0.717, 1.165) is 17.1 Å². The van der Waals surface area contributed by atoms with Gasteiger partial charge in [0.25, 0.3) is 0 Å². The number of rotatable bonds is 2. The third-order valence-electron chi connectivity index (χ3n) is 1.83. The van der Waals surface area contributed by atoms with Gasteiger partial charge in [-0.15, -0.1) is 0 Å². The summed E-state index contributed by atoms with van der Waals surface area (Å²) in [5.74, 6) is 1.12. The number of aryl methyl sites for hydroxylation is 1. The zero-order valence-corrected chi connectivity index (χ0v) is 8.20. The van der Waals surface area contributed by atoms with Gasteiger partial charge in [-0.2, -0.15) is 5.26 Å². The summed E-state index contributed by atoms with van der Waals surface area (Å²) in [6.45, 7) is 6.01. The van der Waals surface area contributed by atoms with Crippen LogP contribution in [0.5, 0.6) is 0 Å². The Morgan fingerprint density at radius 2 is 2.23 bits per heavy atom. The SMILES string of the molecule is Cc1ncc(CC#N)c(C(C)C)n1. The normalized spacial score (nSPS) is 10.1. The van der Waals surface area contributed by atoms with Crippen LogP contribution in [0.3, 0.4) is 0 Å². The van der Waals surface area contributed by atoms with Crippen LogP contribution in [0.1, 0.15) is 36.8 Å². The van der Waals surface area contributed by atoms with Gasteiger partial charge in [-0.3, -0.25) is 0 Å². The molecule has 0 aromatic carbocycles. The first-order valence-corrected chi connectivity index (χ1v) is 4.34. The van der Waals surface area contributed by atoms with Crippen molar-refractivity contribution < 1.29 is 0 Å². The van der Waals surface area contributed by atoms with Crippen molar-refractivity contribution in [3.63, 3.8) is 0 Å². The van der Waals surface area contributed by atoms with Crippen molar-refractivity contribution in [3.05, 3.63) is 23.3 Å². The van der Waals surface area contributed by atoms with Crippen LogP contribution in [0, 0.1) is 18.3 Å². The zero-order chi connectivity index (χ0) is 9.84. The fraction of sp³-hybridized carbons (Fsp3) is 0.500. The maximum absolute atomic E-state index is 8.59. The summed E-state index contributed by atoms with van der Waals surface area (Å²) in [4.78, 5) is 8.41. The first-order chi connectivity index (χ1) is 6.15. The van der Waals surface area contributed by atoms with Gasteiger partial charge in [-0.1, -0.05) is 13.8 Å². The van der Waals surface area contributed by atoms with Gasteiger partial charge < -0.3 is 0 Å². The van der Waals surface area contributed by atoms with Crippen LogP contribution in [0.2, 0.25) is 0 Å². The Kier molecular flexibility index (Phi) is 2.97. The van der Waals surface area contributed by atoms with E-state index in [1.807, 2.05) is 6.92 Å². The van der Waals surface area contributed by atoms with Crippen molar-refractivity contribution in [2.45, 2.75) is 33.1 Å². The number of nitriles is 1. The first kappa shape index (κ1) is 9.66. The highest BCUT2D eigenvalue weighted by atomic mass is 14.9. The minimum atomic E-state index is 0.352. The second kappa shape index (κ2) is 3.99. The second-order valence-corrected chi connectivity index (χ2v) is 3.32. The minimum Gasteiger partial charge on any atom is -0.241 e. The van der Waals surface area contributed by atoms with Gasteiger partial charge in [0.05, 0.1) is 18.2 Å². The van der Waals surface area contributed by atoms with Gasteiger partial charge in [0.15, 0.2) is 0 Å². The number of hydrogen-bond donors (Lipinski definition) is 0. The van der Waals surface area contributed by atoms with Crippen molar-refractivity contribution in [2.75, 3.05) is 0 Å². The average Bonchev–Trinajstić information content (AvgIpc) is 2.08. The van der Waals surface area contributed by atoms with Crippen molar-refractivity contribution in [3.8, 4) is 6.07 Å². The van der Waals surface area contributed by atoms with E-state index in [1.54, 1.807) is 6.20 Å². The molecule has 1 heterocycles. The Morgan fingerprint density at radius 1 is 1.54 bits per heavy atom. The summed E-state index contributed by atoms with van der Waals surface area (Å²) in [6.07, 6.45) is 2.15. The van der Waals surface area contributed by atoms with Crippen molar-refractivity contribution in [1.29, 1.82) is 5.26 Å². The lowest BCUT2D eigenvalue weighted by atomic mass is 10.0. The van der Waals surface area contributed by atoms with E-state index in [0.29, 0.717) is 12.3 Å². The lowest BCUT2D eigenvalue weighted by Crippen LogP contribution is -2.03. The lowest BCUT2D eigenvalue weighted by molar-refractivity contribution is 0.783. The summed E-state index contributed by atoms with van der Waals surface area (Å²) < 4.78 is 0. The van der Waals surface area contributed by atoms with E-state index in [2.05, 4.69) is 29.9 Å². The molecule has 0 aliphatic heterocycles. The maximum Gasteiger partial charge on any atom is 0.125 e. The molecule has 1 rings (SSSR count). The Morgan fingerprint density at radius 3 is 2.77 bits per heavy atom. The van der Waals surface area contributed by atoms with Gasteiger partial charge >= 0.3 is 0 Å². The molecule has 0 N–H and O–H groups in total. The lowest BCUT2D eigenvalue weighted by Gasteiger charge is -2.08. The van der Waals surface area contributed by atoms with Crippen LogP contribution in [0.25, 0.3) is 0 Å². The standard InChI is InChI=1S/C10H13N3/c1-7(2)10-9(4-5-11)6-12-8(3)13-10/h6-7H,4H2,1-3H3. The Balaban J connectivity index is 3.12. The molecule has 0 saturated carbocycles. The molecular weight excluding hydrogens is 162 g/mol. The molecule has 0 aliphatic rings. The Hall–Kier alpha value is -1.43. The molecule has 0 aliphatic carbocycles. The molecule has 0 saturated heterocycles. The smallest absolute Gasteiger partial charge is 0.125 e. The highest BCUT2D eigenvalue weighted by molar-refractivity contribution is 5.23. The fourth-order valence-corrected chi connectivity index (χ4v) is 1.23. The molecule has 68 valence electrons. The summed E-state index contributed by atoms with van der Waals surface area (Å²) >= 11 is 0. The third kappa shape index (κ3) is 2.25.